The van der Waals surface area contributed by atoms with Crippen molar-refractivity contribution >= 4 is 5.97 Å². The van der Waals surface area contributed by atoms with Crippen LogP contribution in [0.2, 0.25) is 0 Å². The van der Waals surface area contributed by atoms with Gasteiger partial charge < -0.3 is 21.1 Å². The van der Waals surface area contributed by atoms with Crippen LogP contribution < -0.4 is 5.73 Å². The maximum absolute atomic E-state index is 10.8. The van der Waals surface area contributed by atoms with Crippen molar-refractivity contribution in [1.29, 1.82) is 0 Å². The summed E-state index contributed by atoms with van der Waals surface area (Å²) in [5, 5.41) is 27.5. The van der Waals surface area contributed by atoms with Crippen LogP contribution in [-0.2, 0) is 11.2 Å². The lowest BCUT2D eigenvalue weighted by Crippen LogP contribution is -2.29. The SMILES string of the molecule is [2H]c1c([2H])c(CCC([2H])C([2H])(N)C(=O)O)c([2H])c(O)c1O. The Balaban J connectivity index is 3.03. The Morgan fingerprint density at radius 3 is 2.88 bits per heavy atom. The van der Waals surface area contributed by atoms with Crippen LogP contribution in [0.3, 0.4) is 0 Å². The van der Waals surface area contributed by atoms with E-state index in [-0.39, 0.29) is 18.4 Å². The second kappa shape index (κ2) is 5.37. The van der Waals surface area contributed by atoms with Crippen LogP contribution >= 0.6 is 0 Å². The molecule has 0 saturated heterocycles. The molecule has 0 amide bonds. The van der Waals surface area contributed by atoms with Crippen LogP contribution in [0.15, 0.2) is 18.1 Å². The number of rotatable bonds is 5. The molecule has 5 nitrogen and oxygen atoms in total. The van der Waals surface area contributed by atoms with Crippen molar-refractivity contribution in [1.82, 2.24) is 0 Å². The number of phenols is 2. The van der Waals surface area contributed by atoms with Gasteiger partial charge >= 0.3 is 5.97 Å². The van der Waals surface area contributed by atoms with Crippen molar-refractivity contribution in [2.75, 3.05) is 0 Å². The minimum absolute atomic E-state index is 0.117. The molecule has 2 unspecified atom stereocenters. The number of nitrogens with two attached hydrogens (primary N) is 1. The quantitative estimate of drug-likeness (QED) is 0.561. The Bertz CT molecular complexity index is 549. The van der Waals surface area contributed by atoms with Gasteiger partial charge in [0.15, 0.2) is 11.5 Å². The standard InChI is InChI=1S/C11H15NO4/c12-8(11(15)16)3-1-2-7-4-5-9(13)10(14)6-7/h4-6,8,13-14H,1-3,12H2,(H,15,16)/i3D,4D,5D,6D,8D. The fourth-order valence-corrected chi connectivity index (χ4v) is 1.01. The molecule has 0 radical (unpaired) electrons. The number of phenolic OH excluding ortho intramolecular Hbond substituents is 2. The van der Waals surface area contributed by atoms with Gasteiger partial charge in [-0.3, -0.25) is 4.79 Å². The third-order valence-corrected chi connectivity index (χ3v) is 1.83. The molecule has 0 bridgehead atoms. The fraction of sp³-hybridized carbons (Fsp3) is 0.364. The molecule has 0 saturated carbocycles. The minimum Gasteiger partial charge on any atom is -0.504 e. The molecule has 1 rings (SSSR count). The lowest BCUT2D eigenvalue weighted by Gasteiger charge is -2.06. The van der Waals surface area contributed by atoms with Crippen LogP contribution in [-0.4, -0.2) is 27.3 Å². The van der Waals surface area contributed by atoms with Gasteiger partial charge in [0.1, 0.15) is 6.02 Å². The van der Waals surface area contributed by atoms with E-state index < -0.39 is 48.0 Å². The lowest BCUT2D eigenvalue weighted by atomic mass is 10.0. The summed E-state index contributed by atoms with van der Waals surface area (Å²) in [6, 6.07) is -4.26. The summed E-state index contributed by atoms with van der Waals surface area (Å²) in [5.74, 6) is -3.40. The van der Waals surface area contributed by atoms with Gasteiger partial charge in [0.2, 0.25) is 0 Å². The van der Waals surface area contributed by atoms with Gasteiger partial charge in [-0.1, -0.05) is 6.04 Å². The zero-order chi connectivity index (χ0) is 16.5. The largest absolute Gasteiger partial charge is 0.504 e. The molecule has 0 heterocycles. The molecule has 0 aliphatic rings. The van der Waals surface area contributed by atoms with Gasteiger partial charge in [-0.25, -0.2) is 0 Å². The smallest absolute Gasteiger partial charge is 0.320 e. The molecule has 5 heteroatoms. The summed E-state index contributed by atoms with van der Waals surface area (Å²) in [5.41, 5.74) is 5.07. The normalized spacial score (nSPS) is 20.7. The van der Waals surface area contributed by atoms with E-state index in [0.717, 1.165) is 0 Å². The van der Waals surface area contributed by atoms with Crippen molar-refractivity contribution in [2.45, 2.75) is 25.3 Å². The van der Waals surface area contributed by atoms with Crippen LogP contribution in [0, 0.1) is 0 Å². The molecule has 2 atom stereocenters. The van der Waals surface area contributed by atoms with Gasteiger partial charge in [-0.15, -0.1) is 0 Å². The second-order valence-electron chi connectivity index (χ2n) is 3.05. The van der Waals surface area contributed by atoms with Gasteiger partial charge in [0.05, 0.1) is 5.48 Å². The van der Waals surface area contributed by atoms with Gasteiger partial charge in [0.25, 0.3) is 0 Å². The highest BCUT2D eigenvalue weighted by Crippen LogP contribution is 2.25. The predicted molar refractivity (Wildman–Crippen MR) is 58.3 cm³/mol. The maximum atomic E-state index is 10.8. The Morgan fingerprint density at radius 2 is 2.25 bits per heavy atom. The lowest BCUT2D eigenvalue weighted by molar-refractivity contribution is -0.138. The number of hydrogen-bond donors (Lipinski definition) is 4. The van der Waals surface area contributed by atoms with Crippen LogP contribution in [0.25, 0.3) is 0 Å². The van der Waals surface area contributed by atoms with E-state index >= 15 is 0 Å². The first kappa shape index (κ1) is 6.75. The van der Waals surface area contributed by atoms with Gasteiger partial charge in [-0.05, 0) is 36.9 Å². The van der Waals surface area contributed by atoms with E-state index in [1.165, 1.54) is 0 Å². The first-order valence-corrected chi connectivity index (χ1v) is 4.46. The van der Waals surface area contributed by atoms with Crippen molar-refractivity contribution in [3.63, 3.8) is 0 Å². The predicted octanol–water partition coefficient (Wildman–Crippen LogP) is 0.832. The topological polar surface area (TPSA) is 104 Å². The average molecular weight is 230 g/mol. The van der Waals surface area contributed by atoms with Crippen molar-refractivity contribution in [3.8, 4) is 11.5 Å². The molecular formula is C11H15NO4. The monoisotopic (exact) mass is 230 g/mol. The third-order valence-electron chi connectivity index (χ3n) is 1.83. The molecule has 88 valence electrons. The van der Waals surface area contributed by atoms with Crippen molar-refractivity contribution < 1.29 is 27.0 Å². The molecule has 0 fully saturated rings. The number of hydrogen-bond acceptors (Lipinski definition) is 4. The second-order valence-corrected chi connectivity index (χ2v) is 3.05. The molecule has 0 aromatic heterocycles. The number of aromatic hydroxyl groups is 2. The third kappa shape index (κ3) is 3.43. The highest BCUT2D eigenvalue weighted by molar-refractivity contribution is 5.72. The van der Waals surface area contributed by atoms with Crippen LogP contribution in [0.4, 0.5) is 0 Å². The zero-order valence-electron chi connectivity index (χ0n) is 13.3. The van der Waals surface area contributed by atoms with Gasteiger partial charge in [-0.2, -0.15) is 0 Å². The number of carboxylic acid groups (broad SMARTS) is 1. The Hall–Kier alpha value is -1.75. The molecular weight excluding hydrogens is 210 g/mol. The maximum Gasteiger partial charge on any atom is 0.320 e. The Labute approximate surface area is 100 Å². The van der Waals surface area contributed by atoms with E-state index in [1.807, 2.05) is 0 Å². The molecule has 0 aliphatic heterocycles. The first-order chi connectivity index (χ1) is 9.51. The summed E-state index contributed by atoms with van der Waals surface area (Å²) in [6.45, 7) is 0. The summed E-state index contributed by atoms with van der Waals surface area (Å²) >= 11 is 0. The Kier molecular flexibility index (Phi) is 2.26. The van der Waals surface area contributed by atoms with Crippen molar-refractivity contribution in [3.05, 3.63) is 23.7 Å². The van der Waals surface area contributed by atoms with Crippen LogP contribution in [0.5, 0.6) is 11.5 Å². The molecule has 1 aromatic rings. The zero-order valence-corrected chi connectivity index (χ0v) is 8.32. The summed E-state index contributed by atoms with van der Waals surface area (Å²) < 4.78 is 37.5. The molecule has 0 aliphatic carbocycles. The van der Waals surface area contributed by atoms with Crippen molar-refractivity contribution in [2.24, 2.45) is 5.73 Å². The van der Waals surface area contributed by atoms with E-state index in [4.69, 9.17) is 17.7 Å². The highest BCUT2D eigenvalue weighted by atomic mass is 16.4. The minimum atomic E-state index is -2.53. The summed E-state index contributed by atoms with van der Waals surface area (Å²) in [6.07, 6.45) is -1.98. The van der Waals surface area contributed by atoms with E-state index in [9.17, 15) is 15.0 Å². The molecule has 5 N–H and O–H groups in total. The van der Waals surface area contributed by atoms with E-state index in [0.29, 0.717) is 0 Å². The number of carbonyl (C=O) groups is 1. The molecule has 16 heavy (non-hydrogen) atoms. The summed E-state index contributed by atoms with van der Waals surface area (Å²) in [7, 11) is 0. The molecule has 1 aromatic carbocycles. The summed E-state index contributed by atoms with van der Waals surface area (Å²) in [4.78, 5) is 10.8. The highest BCUT2D eigenvalue weighted by Gasteiger charge is 2.10. The van der Waals surface area contributed by atoms with E-state index in [1.54, 1.807) is 0 Å². The number of benzene rings is 1. The molecule has 0 spiro atoms. The van der Waals surface area contributed by atoms with E-state index in [2.05, 4.69) is 0 Å². The Morgan fingerprint density at radius 1 is 1.56 bits per heavy atom. The van der Waals surface area contributed by atoms with Crippen LogP contribution in [0.1, 0.15) is 25.2 Å². The fourth-order valence-electron chi connectivity index (χ4n) is 1.01. The first-order valence-electron chi connectivity index (χ1n) is 7.04. The number of aliphatic carboxylic acids is 1. The number of carboxylic acids is 1. The van der Waals surface area contributed by atoms with Gasteiger partial charge in [0, 0.05) is 1.37 Å². The average Bonchev–Trinajstić information content (AvgIpc) is 2.42.